The summed E-state index contributed by atoms with van der Waals surface area (Å²) in [4.78, 5) is 0. The zero-order chi connectivity index (χ0) is 9.97. The summed E-state index contributed by atoms with van der Waals surface area (Å²) in [5.74, 6) is 1.03. The van der Waals surface area contributed by atoms with Crippen molar-refractivity contribution in [2.24, 2.45) is 0 Å². The van der Waals surface area contributed by atoms with E-state index in [-0.39, 0.29) is 0 Å². The van der Waals surface area contributed by atoms with Crippen molar-refractivity contribution < 1.29 is 9.15 Å². The molecule has 0 aliphatic heterocycles. The number of nitrogens with zero attached hydrogens (tertiary/aromatic N) is 2. The largest absolute Gasteiger partial charge is 0.496 e. The van der Waals surface area contributed by atoms with Gasteiger partial charge in [0.25, 0.3) is 5.89 Å². The molecule has 4 nitrogen and oxygen atoms in total. The van der Waals surface area contributed by atoms with E-state index in [0.29, 0.717) is 16.7 Å². The molecule has 2 aromatic rings. The zero-order valence-corrected chi connectivity index (χ0v) is 8.15. The maximum absolute atomic E-state index is 5.81. The molecule has 1 aromatic heterocycles. The number of halogens is 1. The third-order valence-electron chi connectivity index (χ3n) is 1.75. The smallest absolute Gasteiger partial charge is 0.251 e. The molecule has 0 saturated carbocycles. The van der Waals surface area contributed by atoms with Crippen LogP contribution in [0, 0.1) is 0 Å². The van der Waals surface area contributed by atoms with Gasteiger partial charge in [-0.2, -0.15) is 0 Å². The highest BCUT2D eigenvalue weighted by Crippen LogP contribution is 2.30. The molecule has 2 rings (SSSR count). The second kappa shape index (κ2) is 3.67. The fourth-order valence-electron chi connectivity index (χ4n) is 1.13. The van der Waals surface area contributed by atoms with Gasteiger partial charge in [0.1, 0.15) is 5.75 Å². The molecule has 0 amide bonds. The van der Waals surface area contributed by atoms with Crippen molar-refractivity contribution in [2.45, 2.75) is 0 Å². The van der Waals surface area contributed by atoms with Crippen LogP contribution >= 0.6 is 11.6 Å². The molecule has 0 aliphatic rings. The molecule has 72 valence electrons. The number of ether oxygens (including phenoxy) is 1. The lowest BCUT2D eigenvalue weighted by Crippen LogP contribution is -1.87. The summed E-state index contributed by atoms with van der Waals surface area (Å²) >= 11 is 5.81. The van der Waals surface area contributed by atoms with Gasteiger partial charge >= 0.3 is 0 Å². The van der Waals surface area contributed by atoms with Crippen molar-refractivity contribution in [2.75, 3.05) is 7.11 Å². The van der Waals surface area contributed by atoms with Crippen LogP contribution in [-0.2, 0) is 0 Å². The molecule has 0 atom stereocenters. The van der Waals surface area contributed by atoms with Gasteiger partial charge in [0.15, 0.2) is 0 Å². The molecule has 1 aromatic carbocycles. The summed E-state index contributed by atoms with van der Waals surface area (Å²) in [5.41, 5.74) is 0.731. The average Bonchev–Trinajstić information content (AvgIpc) is 2.70. The Bertz CT molecular complexity index is 428. The summed E-state index contributed by atoms with van der Waals surface area (Å²) in [7, 11) is 1.56. The third-order valence-corrected chi connectivity index (χ3v) is 1.99. The lowest BCUT2D eigenvalue weighted by atomic mass is 10.2. The molecule has 0 bridgehead atoms. The molecule has 0 spiro atoms. The normalized spacial score (nSPS) is 10.1. The Labute approximate surface area is 85.5 Å². The van der Waals surface area contributed by atoms with Crippen molar-refractivity contribution in [3.8, 4) is 17.2 Å². The van der Waals surface area contributed by atoms with E-state index in [2.05, 4.69) is 10.2 Å². The van der Waals surface area contributed by atoms with Gasteiger partial charge in [0.2, 0.25) is 6.39 Å². The third kappa shape index (κ3) is 1.56. The monoisotopic (exact) mass is 210 g/mol. The lowest BCUT2D eigenvalue weighted by Gasteiger charge is -2.04. The molecule has 0 N–H and O–H groups in total. The standard InChI is InChI=1S/C9H7ClN2O2/c1-13-8-4-6(10)2-3-7(8)9-12-11-5-14-9/h2-5H,1H3. The molecule has 5 heteroatoms. The van der Waals surface area contributed by atoms with Gasteiger partial charge in [-0.25, -0.2) is 0 Å². The lowest BCUT2D eigenvalue weighted by molar-refractivity contribution is 0.414. The molecule has 0 unspecified atom stereocenters. The van der Waals surface area contributed by atoms with Gasteiger partial charge in [-0.3, -0.25) is 0 Å². The minimum absolute atomic E-state index is 0.415. The second-order valence-electron chi connectivity index (χ2n) is 2.59. The van der Waals surface area contributed by atoms with Crippen LogP contribution in [-0.4, -0.2) is 17.3 Å². The molecular weight excluding hydrogens is 204 g/mol. The number of methoxy groups -OCH3 is 1. The summed E-state index contributed by atoms with van der Waals surface area (Å²) in [5, 5.41) is 7.98. The number of hydrogen-bond acceptors (Lipinski definition) is 4. The minimum Gasteiger partial charge on any atom is -0.496 e. The first-order chi connectivity index (χ1) is 6.81. The van der Waals surface area contributed by atoms with E-state index in [1.807, 2.05) is 0 Å². The quantitative estimate of drug-likeness (QED) is 0.764. The first-order valence-corrected chi connectivity index (χ1v) is 4.29. The fraction of sp³-hybridized carbons (Fsp3) is 0.111. The van der Waals surface area contributed by atoms with Crippen LogP contribution < -0.4 is 4.74 Å². The average molecular weight is 211 g/mol. The van der Waals surface area contributed by atoms with Gasteiger partial charge in [0, 0.05) is 5.02 Å². The Morgan fingerprint density at radius 2 is 2.29 bits per heavy atom. The highest BCUT2D eigenvalue weighted by atomic mass is 35.5. The Morgan fingerprint density at radius 1 is 1.43 bits per heavy atom. The van der Waals surface area contributed by atoms with Crippen LogP contribution in [0.15, 0.2) is 29.0 Å². The van der Waals surface area contributed by atoms with E-state index in [1.165, 1.54) is 6.39 Å². The van der Waals surface area contributed by atoms with E-state index in [9.17, 15) is 0 Å². The minimum atomic E-state index is 0.415. The Morgan fingerprint density at radius 3 is 2.93 bits per heavy atom. The van der Waals surface area contributed by atoms with E-state index in [1.54, 1.807) is 25.3 Å². The van der Waals surface area contributed by atoms with E-state index in [0.717, 1.165) is 5.56 Å². The predicted octanol–water partition coefficient (Wildman–Crippen LogP) is 2.40. The highest BCUT2D eigenvalue weighted by Gasteiger charge is 2.10. The zero-order valence-electron chi connectivity index (χ0n) is 7.40. The van der Waals surface area contributed by atoms with Gasteiger partial charge in [-0.1, -0.05) is 11.6 Å². The Kier molecular flexibility index (Phi) is 2.37. The predicted molar refractivity (Wildman–Crippen MR) is 51.3 cm³/mol. The van der Waals surface area contributed by atoms with Crippen LogP contribution in [0.4, 0.5) is 0 Å². The summed E-state index contributed by atoms with van der Waals surface area (Å²) in [6, 6.07) is 5.21. The van der Waals surface area contributed by atoms with Crippen LogP contribution in [0.2, 0.25) is 5.02 Å². The van der Waals surface area contributed by atoms with Gasteiger partial charge in [-0.15, -0.1) is 10.2 Å². The molecule has 1 heterocycles. The Balaban J connectivity index is 2.53. The fourth-order valence-corrected chi connectivity index (χ4v) is 1.29. The summed E-state index contributed by atoms with van der Waals surface area (Å²) in [6.07, 6.45) is 1.27. The van der Waals surface area contributed by atoms with E-state index >= 15 is 0 Å². The van der Waals surface area contributed by atoms with Gasteiger partial charge < -0.3 is 9.15 Å². The molecular formula is C9H7ClN2O2. The van der Waals surface area contributed by atoms with Crippen LogP contribution in [0.5, 0.6) is 5.75 Å². The Hall–Kier alpha value is -1.55. The number of aromatic nitrogens is 2. The van der Waals surface area contributed by atoms with E-state index in [4.69, 9.17) is 20.8 Å². The second-order valence-corrected chi connectivity index (χ2v) is 3.02. The maximum Gasteiger partial charge on any atom is 0.251 e. The van der Waals surface area contributed by atoms with E-state index < -0.39 is 0 Å². The highest BCUT2D eigenvalue weighted by molar-refractivity contribution is 6.30. The van der Waals surface area contributed by atoms with Crippen LogP contribution in [0.25, 0.3) is 11.5 Å². The molecule has 14 heavy (non-hydrogen) atoms. The molecule has 0 radical (unpaired) electrons. The number of hydrogen-bond donors (Lipinski definition) is 0. The van der Waals surface area contributed by atoms with Gasteiger partial charge in [0.05, 0.1) is 12.7 Å². The van der Waals surface area contributed by atoms with Crippen molar-refractivity contribution in [3.05, 3.63) is 29.6 Å². The molecule has 0 aliphatic carbocycles. The summed E-state index contributed by atoms with van der Waals surface area (Å²) < 4.78 is 10.2. The van der Waals surface area contributed by atoms with Crippen molar-refractivity contribution in [1.29, 1.82) is 0 Å². The molecule has 0 fully saturated rings. The summed E-state index contributed by atoms with van der Waals surface area (Å²) in [6.45, 7) is 0. The SMILES string of the molecule is COc1cc(Cl)ccc1-c1nnco1. The maximum atomic E-state index is 5.81. The van der Waals surface area contributed by atoms with Crippen molar-refractivity contribution >= 4 is 11.6 Å². The topological polar surface area (TPSA) is 48.2 Å². The number of rotatable bonds is 2. The van der Waals surface area contributed by atoms with Crippen molar-refractivity contribution in [1.82, 2.24) is 10.2 Å². The van der Waals surface area contributed by atoms with Crippen LogP contribution in [0.3, 0.4) is 0 Å². The molecule has 0 saturated heterocycles. The van der Waals surface area contributed by atoms with Gasteiger partial charge in [-0.05, 0) is 18.2 Å². The van der Waals surface area contributed by atoms with Crippen LogP contribution in [0.1, 0.15) is 0 Å². The number of benzene rings is 1. The first-order valence-electron chi connectivity index (χ1n) is 3.91. The van der Waals surface area contributed by atoms with Crippen molar-refractivity contribution in [3.63, 3.8) is 0 Å². The first kappa shape index (κ1) is 9.02.